The Hall–Kier alpha value is -1.65. The molecule has 2 aromatic rings. The summed E-state index contributed by atoms with van der Waals surface area (Å²) in [6.45, 7) is 7.50. The highest BCUT2D eigenvalue weighted by Crippen LogP contribution is 2.29. The van der Waals surface area contributed by atoms with Crippen LogP contribution in [0.1, 0.15) is 44.7 Å². The Morgan fingerprint density at radius 1 is 1.07 bits per heavy atom. The van der Waals surface area contributed by atoms with Crippen LogP contribution in [0, 0.1) is 12.8 Å². The van der Waals surface area contributed by atoms with Crippen LogP contribution in [0.15, 0.2) is 59.5 Å². The van der Waals surface area contributed by atoms with Crippen LogP contribution in [0.2, 0.25) is 0 Å². The molecule has 5 heteroatoms. The quantitative estimate of drug-likeness (QED) is 0.409. The monoisotopic (exact) mass is 420 g/mol. The van der Waals surface area contributed by atoms with Crippen molar-refractivity contribution in [3.8, 4) is 0 Å². The van der Waals surface area contributed by atoms with Gasteiger partial charge in [-0.25, -0.2) is 0 Å². The molecule has 3 nitrogen and oxygen atoms in total. The predicted octanol–water partition coefficient (Wildman–Crippen LogP) is 5.65. The molecule has 0 amide bonds. The molecule has 0 aromatic heterocycles. The van der Waals surface area contributed by atoms with E-state index in [2.05, 4.69) is 0 Å². The normalized spacial score (nSPS) is 14.9. The maximum absolute atomic E-state index is 13.0. The average Bonchev–Trinajstić information content (AvgIpc) is 2.64. The molecule has 0 heterocycles. The number of halogens is 1. The van der Waals surface area contributed by atoms with Gasteiger partial charge in [0.05, 0.1) is 17.2 Å². The first-order valence-electron chi connectivity index (χ1n) is 9.53. The summed E-state index contributed by atoms with van der Waals surface area (Å²) < 4.78 is 17.8. The summed E-state index contributed by atoms with van der Waals surface area (Å²) in [4.78, 5) is 13.1. The molecule has 0 radical (unpaired) electrons. The van der Waals surface area contributed by atoms with Crippen molar-refractivity contribution < 1.29 is 13.7 Å². The average molecular weight is 421 g/mol. The van der Waals surface area contributed by atoms with E-state index in [-0.39, 0.29) is 18.3 Å². The lowest BCUT2D eigenvalue weighted by Gasteiger charge is -2.24. The fourth-order valence-corrected chi connectivity index (χ4v) is 4.67. The van der Waals surface area contributed by atoms with Crippen LogP contribution in [0.3, 0.4) is 0 Å². The molecular weight excluding hydrogens is 392 g/mol. The zero-order valence-electron chi connectivity index (χ0n) is 17.0. The molecule has 2 unspecified atom stereocenters. The Morgan fingerprint density at radius 3 is 2.25 bits per heavy atom. The lowest BCUT2D eigenvalue weighted by molar-refractivity contribution is -0.155. The van der Waals surface area contributed by atoms with Crippen molar-refractivity contribution in [3.05, 3.63) is 65.7 Å². The van der Waals surface area contributed by atoms with E-state index in [9.17, 15) is 9.00 Å². The van der Waals surface area contributed by atoms with Gasteiger partial charge < -0.3 is 4.74 Å². The van der Waals surface area contributed by atoms with E-state index in [0.717, 1.165) is 12.0 Å². The van der Waals surface area contributed by atoms with Crippen LogP contribution in [-0.4, -0.2) is 20.5 Å². The largest absolute Gasteiger partial charge is 0.460 e. The van der Waals surface area contributed by atoms with Crippen LogP contribution >= 0.6 is 11.6 Å². The summed E-state index contributed by atoms with van der Waals surface area (Å²) in [5.41, 5.74) is 1.71. The lowest BCUT2D eigenvalue weighted by Crippen LogP contribution is -2.29. The Kier molecular flexibility index (Phi) is 8.26. The van der Waals surface area contributed by atoms with Gasteiger partial charge in [-0.05, 0) is 64.2 Å². The molecule has 28 heavy (non-hydrogen) atoms. The van der Waals surface area contributed by atoms with Crippen molar-refractivity contribution in [2.45, 2.75) is 62.2 Å². The van der Waals surface area contributed by atoms with Gasteiger partial charge in [-0.15, -0.1) is 11.6 Å². The molecule has 0 N–H and O–H groups in total. The van der Waals surface area contributed by atoms with Gasteiger partial charge in [0.25, 0.3) is 0 Å². The fourth-order valence-electron chi connectivity index (χ4n) is 2.90. The Labute approximate surface area is 175 Å². The zero-order chi connectivity index (χ0) is 20.7. The van der Waals surface area contributed by atoms with E-state index in [1.54, 1.807) is 0 Å². The predicted molar refractivity (Wildman–Crippen MR) is 116 cm³/mol. The SMILES string of the molecule is Cc1ccc(S(=O)C(Cl)[C@H](CCc2ccccc2)CC(=O)OC(C)(C)C)cc1. The summed E-state index contributed by atoms with van der Waals surface area (Å²) in [7, 11) is -1.41. The number of benzene rings is 2. The van der Waals surface area contributed by atoms with Gasteiger partial charge in [-0.3, -0.25) is 9.00 Å². The summed E-state index contributed by atoms with van der Waals surface area (Å²) in [5.74, 6) is -0.559. The Balaban J connectivity index is 2.13. The molecule has 0 spiro atoms. The van der Waals surface area contributed by atoms with Crippen molar-refractivity contribution in [2.24, 2.45) is 5.92 Å². The molecule has 3 atom stereocenters. The summed E-state index contributed by atoms with van der Waals surface area (Å²) in [6.07, 6.45) is 1.58. The molecule has 0 fully saturated rings. The summed E-state index contributed by atoms with van der Waals surface area (Å²) >= 11 is 6.65. The maximum Gasteiger partial charge on any atom is 0.306 e. The minimum absolute atomic E-state index is 0.149. The smallest absolute Gasteiger partial charge is 0.306 e. The molecule has 0 saturated heterocycles. The zero-order valence-corrected chi connectivity index (χ0v) is 18.6. The van der Waals surface area contributed by atoms with Crippen molar-refractivity contribution >= 4 is 28.4 Å². The van der Waals surface area contributed by atoms with Crippen LogP contribution < -0.4 is 0 Å². The highest BCUT2D eigenvalue weighted by Gasteiger charge is 2.30. The number of alkyl halides is 1. The highest BCUT2D eigenvalue weighted by atomic mass is 35.5. The first kappa shape index (κ1) is 22.6. The third-order valence-electron chi connectivity index (χ3n) is 4.32. The number of hydrogen-bond donors (Lipinski definition) is 0. The first-order valence-corrected chi connectivity index (χ1v) is 11.2. The third-order valence-corrected chi connectivity index (χ3v) is 6.70. The van der Waals surface area contributed by atoms with Crippen LogP contribution in [0.4, 0.5) is 0 Å². The van der Waals surface area contributed by atoms with Crippen LogP contribution in [0.25, 0.3) is 0 Å². The second-order valence-electron chi connectivity index (χ2n) is 8.04. The molecule has 0 aliphatic heterocycles. The third kappa shape index (κ3) is 7.40. The van der Waals surface area contributed by atoms with E-state index in [1.807, 2.05) is 82.3 Å². The Bertz CT molecular complexity index is 782. The molecular formula is C23H29ClO3S. The summed E-state index contributed by atoms with van der Waals surface area (Å²) in [6, 6.07) is 17.5. The molecule has 2 rings (SSSR count). The van der Waals surface area contributed by atoms with Gasteiger partial charge in [-0.2, -0.15) is 0 Å². The van der Waals surface area contributed by atoms with Crippen LogP contribution in [0.5, 0.6) is 0 Å². The molecule has 0 aliphatic carbocycles. The van der Waals surface area contributed by atoms with Crippen molar-refractivity contribution in [3.63, 3.8) is 0 Å². The Morgan fingerprint density at radius 2 is 1.68 bits per heavy atom. The van der Waals surface area contributed by atoms with Gasteiger partial charge in [0.1, 0.15) is 10.3 Å². The molecule has 0 aliphatic rings. The molecule has 0 saturated carbocycles. The number of rotatable bonds is 8. The van der Waals surface area contributed by atoms with E-state index in [1.165, 1.54) is 5.56 Å². The van der Waals surface area contributed by atoms with E-state index in [0.29, 0.717) is 11.3 Å². The lowest BCUT2D eigenvalue weighted by atomic mass is 9.98. The van der Waals surface area contributed by atoms with Crippen molar-refractivity contribution in [1.82, 2.24) is 0 Å². The number of carbonyl (C=O) groups is 1. The second kappa shape index (κ2) is 10.2. The van der Waals surface area contributed by atoms with Crippen molar-refractivity contribution in [1.29, 1.82) is 0 Å². The van der Waals surface area contributed by atoms with Gasteiger partial charge in [0.2, 0.25) is 0 Å². The number of aryl methyl sites for hydroxylation is 2. The molecule has 2 aromatic carbocycles. The number of ether oxygens (including phenoxy) is 1. The molecule has 152 valence electrons. The highest BCUT2D eigenvalue weighted by molar-refractivity contribution is 7.87. The topological polar surface area (TPSA) is 43.4 Å². The standard InChI is InChI=1S/C23H29ClO3S/c1-17-10-14-20(15-11-17)28(26)22(24)19(16-21(25)27-23(2,3)4)13-12-18-8-6-5-7-9-18/h5-11,14-15,19,22H,12-13,16H2,1-4H3/t19-,22?,28?/m1/s1. The second-order valence-corrected chi connectivity index (χ2v) is 10.3. The van der Waals surface area contributed by atoms with Gasteiger partial charge in [-0.1, -0.05) is 48.0 Å². The molecule has 0 bridgehead atoms. The number of esters is 1. The van der Waals surface area contributed by atoms with Gasteiger partial charge in [0, 0.05) is 4.90 Å². The van der Waals surface area contributed by atoms with E-state index < -0.39 is 21.1 Å². The maximum atomic E-state index is 13.0. The van der Waals surface area contributed by atoms with Gasteiger partial charge in [0.15, 0.2) is 0 Å². The van der Waals surface area contributed by atoms with E-state index >= 15 is 0 Å². The fraction of sp³-hybridized carbons (Fsp3) is 0.435. The summed E-state index contributed by atoms with van der Waals surface area (Å²) in [5, 5.41) is 0. The minimum atomic E-state index is -1.41. The number of carbonyl (C=O) groups excluding carboxylic acids is 1. The van der Waals surface area contributed by atoms with Crippen LogP contribution in [-0.2, 0) is 26.8 Å². The van der Waals surface area contributed by atoms with E-state index in [4.69, 9.17) is 16.3 Å². The van der Waals surface area contributed by atoms with Gasteiger partial charge >= 0.3 is 5.97 Å². The first-order chi connectivity index (χ1) is 13.2. The van der Waals surface area contributed by atoms with Crippen molar-refractivity contribution in [2.75, 3.05) is 0 Å². The number of hydrogen-bond acceptors (Lipinski definition) is 3. The minimum Gasteiger partial charge on any atom is -0.460 e.